The number of furan rings is 1. The van der Waals surface area contributed by atoms with Gasteiger partial charge in [-0.25, -0.2) is 22.8 Å². The molecule has 6 rings (SSSR count). The number of rotatable bonds is 4. The highest BCUT2D eigenvalue weighted by Gasteiger charge is 2.36. The molecule has 8 nitrogen and oxygen atoms in total. The molecule has 1 aliphatic heterocycles. The third-order valence-electron chi connectivity index (χ3n) is 5.62. The van der Waals surface area contributed by atoms with Crippen LogP contribution in [0.2, 0.25) is 0 Å². The van der Waals surface area contributed by atoms with Crippen molar-refractivity contribution in [2.24, 2.45) is 0 Å². The zero-order valence-corrected chi connectivity index (χ0v) is 17.9. The van der Waals surface area contributed by atoms with E-state index in [9.17, 15) is 12.8 Å². The molecule has 4 aromatic heterocycles. The van der Waals surface area contributed by atoms with Gasteiger partial charge in [0.05, 0.1) is 28.6 Å². The van der Waals surface area contributed by atoms with Crippen LogP contribution < -0.4 is 0 Å². The molecule has 0 aliphatic carbocycles. The highest BCUT2D eigenvalue weighted by molar-refractivity contribution is 7.92. The molecule has 1 aliphatic rings. The molecule has 0 N–H and O–H groups in total. The highest BCUT2D eigenvalue weighted by atomic mass is 32.2. The summed E-state index contributed by atoms with van der Waals surface area (Å²) >= 11 is 0. The zero-order chi connectivity index (χ0) is 22.6. The summed E-state index contributed by atoms with van der Waals surface area (Å²) in [7, 11) is -3.04. The number of pyridine rings is 1. The van der Waals surface area contributed by atoms with Gasteiger partial charge in [0, 0.05) is 23.5 Å². The van der Waals surface area contributed by atoms with Crippen LogP contribution >= 0.6 is 0 Å². The van der Waals surface area contributed by atoms with Crippen LogP contribution in [0.25, 0.3) is 45.1 Å². The second-order valence-corrected chi connectivity index (χ2v) is 10.0. The van der Waals surface area contributed by atoms with E-state index in [-0.39, 0.29) is 23.4 Å². The Kier molecular flexibility index (Phi) is 4.37. The summed E-state index contributed by atoms with van der Waals surface area (Å²) in [6.07, 6.45) is 4.87. The standard InChI is InChI=1S/C23H16FN5O3S/c24-15-6-4-14(5-7-15)21-18(10-29(28-21)16-11-33(30,31)12-16)22-17-9-20(19-3-1-2-8-25-19)32-23(17)27-13-26-22/h1-10,13,16H,11-12H2. The van der Waals surface area contributed by atoms with Crippen LogP contribution in [0.4, 0.5) is 4.39 Å². The Bertz CT molecular complexity index is 1580. The lowest BCUT2D eigenvalue weighted by atomic mass is 10.0. The molecule has 0 unspecified atom stereocenters. The normalized spacial score (nSPS) is 15.5. The average molecular weight is 461 g/mol. The summed E-state index contributed by atoms with van der Waals surface area (Å²) in [6.45, 7) is 0. The number of nitrogens with zero attached hydrogens (tertiary/aromatic N) is 5. The fourth-order valence-corrected chi connectivity index (χ4v) is 5.35. The molecule has 1 aromatic carbocycles. The van der Waals surface area contributed by atoms with E-state index in [1.165, 1.54) is 18.5 Å². The highest BCUT2D eigenvalue weighted by Crippen LogP contribution is 2.37. The first kappa shape index (κ1) is 19.7. The van der Waals surface area contributed by atoms with Crippen LogP contribution in [0, 0.1) is 5.82 Å². The number of aromatic nitrogens is 5. The maximum Gasteiger partial charge on any atom is 0.230 e. The molecule has 0 saturated carbocycles. The molecular formula is C23H16FN5O3S. The molecule has 0 amide bonds. The van der Waals surface area contributed by atoms with Gasteiger partial charge in [-0.3, -0.25) is 9.67 Å². The number of benzene rings is 1. The maximum absolute atomic E-state index is 13.5. The van der Waals surface area contributed by atoms with Crippen molar-refractivity contribution in [2.45, 2.75) is 6.04 Å². The molecule has 10 heteroatoms. The smallest absolute Gasteiger partial charge is 0.230 e. The SMILES string of the molecule is O=S1(=O)CC(n2cc(-c3ncnc4oc(-c5ccccn5)cc34)c(-c3ccc(F)cc3)n2)C1. The minimum atomic E-state index is -3.04. The van der Waals surface area contributed by atoms with Gasteiger partial charge in [0.2, 0.25) is 5.71 Å². The molecule has 33 heavy (non-hydrogen) atoms. The minimum Gasteiger partial charge on any atom is -0.436 e. The van der Waals surface area contributed by atoms with E-state index in [0.29, 0.717) is 45.1 Å². The van der Waals surface area contributed by atoms with Crippen LogP contribution in [-0.4, -0.2) is 44.7 Å². The number of hydrogen-bond acceptors (Lipinski definition) is 7. The van der Waals surface area contributed by atoms with E-state index >= 15 is 0 Å². The van der Waals surface area contributed by atoms with Gasteiger partial charge in [-0.05, 0) is 42.5 Å². The number of fused-ring (bicyclic) bond motifs is 1. The van der Waals surface area contributed by atoms with Crippen LogP contribution in [0.3, 0.4) is 0 Å². The molecule has 1 saturated heterocycles. The lowest BCUT2D eigenvalue weighted by Crippen LogP contribution is -2.38. The molecule has 164 valence electrons. The third-order valence-corrected chi connectivity index (χ3v) is 7.40. The lowest BCUT2D eigenvalue weighted by Gasteiger charge is -2.25. The van der Waals surface area contributed by atoms with Crippen molar-refractivity contribution in [2.75, 3.05) is 11.5 Å². The van der Waals surface area contributed by atoms with Gasteiger partial charge in [0.25, 0.3) is 0 Å². The van der Waals surface area contributed by atoms with Crippen molar-refractivity contribution in [3.63, 3.8) is 0 Å². The fraction of sp³-hybridized carbons (Fsp3) is 0.130. The molecule has 0 atom stereocenters. The second-order valence-electron chi connectivity index (χ2n) is 7.88. The van der Waals surface area contributed by atoms with E-state index in [1.54, 1.807) is 29.2 Å². The Balaban J connectivity index is 1.53. The number of hydrogen-bond donors (Lipinski definition) is 0. The topological polar surface area (TPSA) is 104 Å². The predicted molar refractivity (Wildman–Crippen MR) is 119 cm³/mol. The molecule has 1 fully saturated rings. The van der Waals surface area contributed by atoms with Crippen molar-refractivity contribution < 1.29 is 17.2 Å². The summed E-state index contributed by atoms with van der Waals surface area (Å²) in [5.41, 5.74) is 3.57. The quantitative estimate of drug-likeness (QED) is 0.399. The summed E-state index contributed by atoms with van der Waals surface area (Å²) in [4.78, 5) is 13.1. The summed E-state index contributed by atoms with van der Waals surface area (Å²) < 4.78 is 44.6. The van der Waals surface area contributed by atoms with Gasteiger partial charge in [-0.1, -0.05) is 6.07 Å². The van der Waals surface area contributed by atoms with Gasteiger partial charge < -0.3 is 4.42 Å². The van der Waals surface area contributed by atoms with Crippen molar-refractivity contribution in [1.29, 1.82) is 0 Å². The Morgan fingerprint density at radius 1 is 1.00 bits per heavy atom. The largest absolute Gasteiger partial charge is 0.436 e. The van der Waals surface area contributed by atoms with Crippen LogP contribution in [0.15, 0.2) is 71.7 Å². The van der Waals surface area contributed by atoms with E-state index in [2.05, 4.69) is 20.1 Å². The molecule has 5 aromatic rings. The average Bonchev–Trinajstić information content (AvgIpc) is 3.43. The van der Waals surface area contributed by atoms with Crippen molar-refractivity contribution in [3.8, 4) is 34.0 Å². The van der Waals surface area contributed by atoms with Gasteiger partial charge in [-0.15, -0.1) is 0 Å². The van der Waals surface area contributed by atoms with Crippen LogP contribution in [0.5, 0.6) is 0 Å². The fourth-order valence-electron chi connectivity index (χ4n) is 3.97. The molecular weight excluding hydrogens is 445 g/mol. The molecule has 0 bridgehead atoms. The van der Waals surface area contributed by atoms with E-state index in [0.717, 1.165) is 0 Å². The zero-order valence-electron chi connectivity index (χ0n) is 17.1. The van der Waals surface area contributed by atoms with Gasteiger partial charge in [0.1, 0.15) is 23.5 Å². The van der Waals surface area contributed by atoms with E-state index < -0.39 is 9.84 Å². The number of halogens is 1. The number of sulfone groups is 1. The summed E-state index contributed by atoms with van der Waals surface area (Å²) in [6, 6.07) is 13.1. The minimum absolute atomic E-state index is 0.0334. The van der Waals surface area contributed by atoms with Crippen molar-refractivity contribution in [3.05, 3.63) is 73.1 Å². The molecule has 0 radical (unpaired) electrons. The Morgan fingerprint density at radius 3 is 2.55 bits per heavy atom. The van der Waals surface area contributed by atoms with E-state index in [1.807, 2.05) is 24.3 Å². The lowest BCUT2D eigenvalue weighted by molar-refractivity contribution is 0.474. The monoisotopic (exact) mass is 461 g/mol. The maximum atomic E-state index is 13.5. The van der Waals surface area contributed by atoms with Crippen molar-refractivity contribution >= 4 is 20.9 Å². The van der Waals surface area contributed by atoms with Gasteiger partial charge >= 0.3 is 0 Å². The Morgan fingerprint density at radius 2 is 1.82 bits per heavy atom. The van der Waals surface area contributed by atoms with Crippen molar-refractivity contribution in [1.82, 2.24) is 24.7 Å². The molecule has 5 heterocycles. The van der Waals surface area contributed by atoms with Gasteiger partial charge in [-0.2, -0.15) is 5.10 Å². The predicted octanol–water partition coefficient (Wildman–Crippen LogP) is 3.92. The first-order valence-corrected chi connectivity index (χ1v) is 12.0. The first-order valence-electron chi connectivity index (χ1n) is 10.2. The first-order chi connectivity index (χ1) is 16.0. The van der Waals surface area contributed by atoms with Crippen LogP contribution in [-0.2, 0) is 9.84 Å². The second kappa shape index (κ2) is 7.31. The molecule has 0 spiro atoms. The Labute approximate surface area is 187 Å². The van der Waals surface area contributed by atoms with E-state index in [4.69, 9.17) is 4.42 Å². The van der Waals surface area contributed by atoms with Gasteiger partial charge in [0.15, 0.2) is 15.6 Å². The third kappa shape index (κ3) is 3.48. The Hall–Kier alpha value is -3.92. The van der Waals surface area contributed by atoms with Crippen LogP contribution in [0.1, 0.15) is 6.04 Å². The summed E-state index contributed by atoms with van der Waals surface area (Å²) in [5, 5.41) is 5.34. The summed E-state index contributed by atoms with van der Waals surface area (Å²) in [5.74, 6) is 0.259.